The summed E-state index contributed by atoms with van der Waals surface area (Å²) in [6, 6.07) is 10.6. The summed E-state index contributed by atoms with van der Waals surface area (Å²) in [7, 11) is -3.21. The van der Waals surface area contributed by atoms with Crippen LogP contribution in [0.2, 0.25) is 0 Å². The molecule has 0 unspecified atom stereocenters. The molecular formula is C18H24N4O2S. The summed E-state index contributed by atoms with van der Waals surface area (Å²) in [5.74, 6) is 0. The Morgan fingerprint density at radius 3 is 2.40 bits per heavy atom. The van der Waals surface area contributed by atoms with Gasteiger partial charge in [-0.3, -0.25) is 9.58 Å². The van der Waals surface area contributed by atoms with Gasteiger partial charge in [0, 0.05) is 26.2 Å². The second-order valence-corrected chi connectivity index (χ2v) is 9.68. The van der Waals surface area contributed by atoms with E-state index in [0.717, 1.165) is 31.0 Å². The lowest BCUT2D eigenvalue weighted by Gasteiger charge is -2.28. The van der Waals surface area contributed by atoms with E-state index in [4.69, 9.17) is 5.10 Å². The fourth-order valence-corrected chi connectivity index (χ4v) is 4.88. The standard InChI is InChI=1S/C18H24N4O2S/c1-14(2)25(23,24)21-7-8-22-18(13-21)9-17(19-22)12-20-10-15-5-3-4-6-16(15)11-20/h3-6,9,14H,7-8,10-13H2,1-2H3. The van der Waals surface area contributed by atoms with Crippen molar-refractivity contribution in [2.75, 3.05) is 6.54 Å². The van der Waals surface area contributed by atoms with Crippen LogP contribution in [0.15, 0.2) is 30.3 Å². The lowest BCUT2D eigenvalue weighted by Crippen LogP contribution is -2.41. The lowest BCUT2D eigenvalue weighted by atomic mass is 10.1. The van der Waals surface area contributed by atoms with Crippen LogP contribution in [0.1, 0.15) is 36.4 Å². The van der Waals surface area contributed by atoms with Crippen molar-refractivity contribution in [1.82, 2.24) is 19.0 Å². The molecule has 25 heavy (non-hydrogen) atoms. The minimum Gasteiger partial charge on any atom is -0.289 e. The van der Waals surface area contributed by atoms with E-state index < -0.39 is 10.0 Å². The summed E-state index contributed by atoms with van der Waals surface area (Å²) >= 11 is 0. The number of benzene rings is 1. The number of sulfonamides is 1. The zero-order valence-corrected chi connectivity index (χ0v) is 15.5. The SMILES string of the molecule is CC(C)S(=O)(=O)N1CCn2nc(CN3Cc4ccccc4C3)cc2C1. The molecule has 0 saturated carbocycles. The Labute approximate surface area is 149 Å². The first-order valence-corrected chi connectivity index (χ1v) is 10.3. The van der Waals surface area contributed by atoms with Crippen molar-refractivity contribution >= 4 is 10.0 Å². The topological polar surface area (TPSA) is 58.4 Å². The molecule has 0 atom stereocenters. The van der Waals surface area contributed by atoms with Crippen molar-refractivity contribution < 1.29 is 8.42 Å². The van der Waals surface area contributed by atoms with Crippen molar-refractivity contribution in [1.29, 1.82) is 0 Å². The minimum atomic E-state index is -3.21. The van der Waals surface area contributed by atoms with Crippen LogP contribution in [-0.2, 0) is 42.7 Å². The Morgan fingerprint density at radius 1 is 1.08 bits per heavy atom. The van der Waals surface area contributed by atoms with Crippen LogP contribution in [0.25, 0.3) is 0 Å². The van der Waals surface area contributed by atoms with Gasteiger partial charge in [-0.05, 0) is 31.0 Å². The highest BCUT2D eigenvalue weighted by Gasteiger charge is 2.30. The molecule has 0 N–H and O–H groups in total. The molecule has 0 amide bonds. The van der Waals surface area contributed by atoms with Crippen LogP contribution in [-0.4, -0.2) is 39.2 Å². The van der Waals surface area contributed by atoms with Gasteiger partial charge < -0.3 is 0 Å². The molecule has 2 aromatic rings. The van der Waals surface area contributed by atoms with Crippen molar-refractivity contribution in [3.05, 3.63) is 52.8 Å². The third-order valence-electron chi connectivity index (χ3n) is 5.06. The van der Waals surface area contributed by atoms with Gasteiger partial charge in [0.05, 0.1) is 29.7 Å². The zero-order valence-electron chi connectivity index (χ0n) is 14.7. The second-order valence-electron chi connectivity index (χ2n) is 7.19. The highest BCUT2D eigenvalue weighted by molar-refractivity contribution is 7.89. The summed E-state index contributed by atoms with van der Waals surface area (Å²) in [4.78, 5) is 2.38. The van der Waals surface area contributed by atoms with Gasteiger partial charge in [-0.15, -0.1) is 0 Å². The monoisotopic (exact) mass is 360 g/mol. The van der Waals surface area contributed by atoms with Gasteiger partial charge in [-0.25, -0.2) is 8.42 Å². The molecule has 0 fully saturated rings. The van der Waals surface area contributed by atoms with E-state index >= 15 is 0 Å². The molecule has 0 saturated heterocycles. The van der Waals surface area contributed by atoms with E-state index in [2.05, 4.69) is 35.2 Å². The predicted molar refractivity (Wildman–Crippen MR) is 96.1 cm³/mol. The molecule has 6 nitrogen and oxygen atoms in total. The average molecular weight is 360 g/mol. The normalized spacial score (nSPS) is 18.5. The van der Waals surface area contributed by atoms with Crippen LogP contribution in [0, 0.1) is 0 Å². The summed E-state index contributed by atoms with van der Waals surface area (Å²) in [6.07, 6.45) is 0. The van der Waals surface area contributed by atoms with Gasteiger partial charge in [0.25, 0.3) is 0 Å². The van der Waals surface area contributed by atoms with Gasteiger partial charge in [-0.2, -0.15) is 9.40 Å². The molecule has 7 heteroatoms. The van der Waals surface area contributed by atoms with E-state index in [1.165, 1.54) is 11.1 Å². The van der Waals surface area contributed by atoms with Gasteiger partial charge in [-0.1, -0.05) is 24.3 Å². The van der Waals surface area contributed by atoms with Gasteiger partial charge in [0.15, 0.2) is 0 Å². The molecule has 134 valence electrons. The minimum absolute atomic E-state index is 0.385. The van der Waals surface area contributed by atoms with Crippen LogP contribution in [0.3, 0.4) is 0 Å². The Balaban J connectivity index is 1.47. The maximum absolute atomic E-state index is 12.4. The van der Waals surface area contributed by atoms with Crippen molar-refractivity contribution in [2.24, 2.45) is 0 Å². The quantitative estimate of drug-likeness (QED) is 0.836. The second kappa shape index (κ2) is 6.23. The third kappa shape index (κ3) is 3.12. The molecule has 4 rings (SSSR count). The van der Waals surface area contributed by atoms with Crippen molar-refractivity contribution in [3.8, 4) is 0 Å². The maximum Gasteiger partial charge on any atom is 0.216 e. The first kappa shape index (κ1) is 16.8. The van der Waals surface area contributed by atoms with Crippen LogP contribution < -0.4 is 0 Å². The number of hydrogen-bond donors (Lipinski definition) is 0. The summed E-state index contributed by atoms with van der Waals surface area (Å²) in [6.45, 7) is 7.72. The predicted octanol–water partition coefficient (Wildman–Crippen LogP) is 1.95. The van der Waals surface area contributed by atoms with E-state index in [0.29, 0.717) is 19.6 Å². The highest BCUT2D eigenvalue weighted by Crippen LogP contribution is 2.25. The Hall–Kier alpha value is -1.70. The third-order valence-corrected chi connectivity index (χ3v) is 7.28. The van der Waals surface area contributed by atoms with E-state index in [1.54, 1.807) is 18.2 Å². The van der Waals surface area contributed by atoms with Crippen molar-refractivity contribution in [2.45, 2.75) is 51.8 Å². The van der Waals surface area contributed by atoms with E-state index in [-0.39, 0.29) is 5.25 Å². The Kier molecular flexibility index (Phi) is 4.17. The smallest absolute Gasteiger partial charge is 0.216 e. The Morgan fingerprint density at radius 2 is 1.76 bits per heavy atom. The molecule has 0 aliphatic carbocycles. The van der Waals surface area contributed by atoms with Crippen LogP contribution in [0.5, 0.6) is 0 Å². The molecule has 1 aromatic carbocycles. The number of aromatic nitrogens is 2. The average Bonchev–Trinajstić information content (AvgIpc) is 3.16. The first-order chi connectivity index (χ1) is 11.9. The number of hydrogen-bond acceptors (Lipinski definition) is 4. The molecule has 2 aliphatic rings. The fourth-order valence-electron chi connectivity index (χ4n) is 3.64. The van der Waals surface area contributed by atoms with E-state index in [9.17, 15) is 8.42 Å². The Bertz CT molecular complexity index is 863. The van der Waals surface area contributed by atoms with Gasteiger partial charge >= 0.3 is 0 Å². The van der Waals surface area contributed by atoms with Gasteiger partial charge in [0.1, 0.15) is 0 Å². The summed E-state index contributed by atoms with van der Waals surface area (Å²) < 4.78 is 28.3. The lowest BCUT2D eigenvalue weighted by molar-refractivity contribution is 0.270. The zero-order chi connectivity index (χ0) is 17.6. The first-order valence-electron chi connectivity index (χ1n) is 8.77. The van der Waals surface area contributed by atoms with Crippen LogP contribution >= 0.6 is 0 Å². The molecule has 2 aliphatic heterocycles. The number of rotatable bonds is 4. The largest absolute Gasteiger partial charge is 0.289 e. The summed E-state index contributed by atoms with van der Waals surface area (Å²) in [5, 5.41) is 4.31. The molecule has 0 radical (unpaired) electrons. The number of fused-ring (bicyclic) bond motifs is 2. The molecular weight excluding hydrogens is 336 g/mol. The van der Waals surface area contributed by atoms with E-state index in [1.807, 2.05) is 4.68 Å². The fraction of sp³-hybridized carbons (Fsp3) is 0.500. The molecule has 0 spiro atoms. The number of nitrogens with zero attached hydrogens (tertiary/aromatic N) is 4. The molecule has 1 aromatic heterocycles. The van der Waals surface area contributed by atoms with Crippen molar-refractivity contribution in [3.63, 3.8) is 0 Å². The molecule has 3 heterocycles. The van der Waals surface area contributed by atoms with Crippen LogP contribution in [0.4, 0.5) is 0 Å². The molecule has 0 bridgehead atoms. The maximum atomic E-state index is 12.4. The van der Waals surface area contributed by atoms with Gasteiger partial charge in [0.2, 0.25) is 10.0 Å². The summed E-state index contributed by atoms with van der Waals surface area (Å²) in [5.41, 5.74) is 4.79. The highest BCUT2D eigenvalue weighted by atomic mass is 32.2.